The van der Waals surface area contributed by atoms with Gasteiger partial charge in [-0.05, 0) is 0 Å². The van der Waals surface area contributed by atoms with Crippen LogP contribution in [0.25, 0.3) is 11.2 Å². The molecule has 2 aromatic heterocycles. The number of hydrogen-bond donors (Lipinski definition) is 3. The molecule has 2 fully saturated rings. The van der Waals surface area contributed by atoms with Crippen molar-refractivity contribution in [3.8, 4) is 0 Å². The number of anilines is 1. The lowest BCUT2D eigenvalue weighted by molar-refractivity contribution is -0.0589. The maximum absolute atomic E-state index is 11.6. The minimum atomic E-state index is -4.16. The summed E-state index contributed by atoms with van der Waals surface area (Å²) in [6, 6.07) is 0. The summed E-state index contributed by atoms with van der Waals surface area (Å²) in [6.07, 6.45) is -0.668. The van der Waals surface area contributed by atoms with Gasteiger partial charge in [-0.3, -0.25) is 13.6 Å². The molecule has 0 saturated carbocycles. The molecule has 4 heterocycles. The third kappa shape index (κ3) is 1.95. The van der Waals surface area contributed by atoms with Crippen LogP contribution in [0.2, 0.25) is 0 Å². The molecule has 0 radical (unpaired) electrons. The zero-order valence-corrected chi connectivity index (χ0v) is 11.9. The summed E-state index contributed by atoms with van der Waals surface area (Å²) in [6.45, 7) is -0.384. The Balaban J connectivity index is 1.78. The standard InChI is InChI=1S/C10H12N5O6P/c11-8-5-9(13-2-12-8)15(3-14-5)10-7-6(4(1-16)19-10)20-22(17,18)21-7/h2-4,6-7,10,16H,1H2,(H,17,18)(H2,11,12,13)/t4-,6-,7-,10-/m1/s1/i1+1,4+1,6+1,7+1,10+1. The van der Waals surface area contributed by atoms with Gasteiger partial charge < -0.3 is 20.5 Å². The molecule has 118 valence electrons. The summed E-state index contributed by atoms with van der Waals surface area (Å²) < 4.78 is 28.8. The molecule has 1 unspecified atom stereocenters. The molecule has 4 rings (SSSR count). The van der Waals surface area contributed by atoms with Gasteiger partial charge in [0.2, 0.25) is 0 Å². The maximum atomic E-state index is 11.6. The van der Waals surface area contributed by atoms with E-state index in [0.717, 1.165) is 0 Å². The van der Waals surface area contributed by atoms with Gasteiger partial charge in [0.15, 0.2) is 17.7 Å². The van der Waals surface area contributed by atoms with E-state index in [9.17, 15) is 14.6 Å². The number of aliphatic hydroxyl groups is 1. The first kappa shape index (κ1) is 14.0. The smallest absolute Gasteiger partial charge is 0.394 e. The normalized spacial score (nSPS) is 37.7. The van der Waals surface area contributed by atoms with Crippen molar-refractivity contribution in [2.75, 3.05) is 12.3 Å². The molecule has 0 spiro atoms. The molecule has 0 aliphatic carbocycles. The van der Waals surface area contributed by atoms with Crippen LogP contribution in [-0.4, -0.2) is 54.4 Å². The van der Waals surface area contributed by atoms with E-state index in [1.54, 1.807) is 0 Å². The monoisotopic (exact) mass is 334 g/mol. The van der Waals surface area contributed by atoms with Crippen LogP contribution in [0.15, 0.2) is 12.7 Å². The van der Waals surface area contributed by atoms with Crippen LogP contribution in [0.1, 0.15) is 6.23 Å². The number of fused-ring (bicyclic) bond motifs is 2. The zero-order valence-electron chi connectivity index (χ0n) is 11.0. The molecule has 5 atom stereocenters. The van der Waals surface area contributed by atoms with Crippen molar-refractivity contribution >= 4 is 24.8 Å². The van der Waals surface area contributed by atoms with Gasteiger partial charge in [0, 0.05) is 0 Å². The van der Waals surface area contributed by atoms with Crippen LogP contribution in [0, 0.1) is 0 Å². The van der Waals surface area contributed by atoms with Crippen molar-refractivity contribution in [1.82, 2.24) is 19.5 Å². The number of aromatic nitrogens is 4. The Kier molecular flexibility index (Phi) is 2.98. The van der Waals surface area contributed by atoms with E-state index in [1.165, 1.54) is 17.2 Å². The molecule has 2 aliphatic heterocycles. The predicted octanol–water partition coefficient (Wildman–Crippen LogP) is -0.817. The summed E-state index contributed by atoms with van der Waals surface area (Å²) >= 11 is 0. The lowest BCUT2D eigenvalue weighted by atomic mass is 10.5. The first-order valence-electron chi connectivity index (χ1n) is 6.39. The second kappa shape index (κ2) is 4.69. The third-order valence-corrected chi connectivity index (χ3v) is 4.66. The highest BCUT2D eigenvalue weighted by molar-refractivity contribution is 7.47. The van der Waals surface area contributed by atoms with Gasteiger partial charge in [-0.1, -0.05) is 0 Å². The molecular weight excluding hydrogens is 322 g/mol. The fraction of sp³-hybridized carbons (Fsp3) is 0.500. The highest BCUT2D eigenvalue weighted by atomic mass is 31.2. The number of ether oxygens (including phenoxy) is 1. The Bertz CT molecular complexity index is 782. The average molecular weight is 334 g/mol. The maximum Gasteiger partial charge on any atom is 0.473 e. The van der Waals surface area contributed by atoms with Crippen molar-refractivity contribution in [1.29, 1.82) is 0 Å². The van der Waals surface area contributed by atoms with E-state index in [2.05, 4.69) is 15.0 Å². The van der Waals surface area contributed by atoms with Crippen LogP contribution in [0.3, 0.4) is 0 Å². The molecule has 4 N–H and O–H groups in total. The second-order valence-electron chi connectivity index (χ2n) is 4.94. The van der Waals surface area contributed by atoms with Gasteiger partial charge >= 0.3 is 7.82 Å². The number of phosphoric ester groups is 1. The largest absolute Gasteiger partial charge is 0.473 e. The average Bonchev–Trinajstić information content (AvgIpc) is 3.10. The van der Waals surface area contributed by atoms with Crippen molar-refractivity contribution in [3.05, 3.63) is 12.7 Å². The van der Waals surface area contributed by atoms with Crippen LogP contribution >= 0.6 is 7.82 Å². The summed E-state index contributed by atoms with van der Waals surface area (Å²) in [5.41, 5.74) is 6.49. The molecule has 22 heavy (non-hydrogen) atoms. The van der Waals surface area contributed by atoms with Gasteiger partial charge in [-0.25, -0.2) is 19.5 Å². The van der Waals surface area contributed by atoms with Gasteiger partial charge in [0.25, 0.3) is 0 Å². The highest BCUT2D eigenvalue weighted by Crippen LogP contribution is 2.58. The summed E-state index contributed by atoms with van der Waals surface area (Å²) in [5, 5.41) is 9.35. The van der Waals surface area contributed by atoms with E-state index < -0.39 is 32.4 Å². The lowest BCUT2D eigenvalue weighted by Crippen LogP contribution is -2.30. The Morgan fingerprint density at radius 1 is 1.32 bits per heavy atom. The zero-order chi connectivity index (χ0) is 15.5. The molecule has 0 bridgehead atoms. The summed E-state index contributed by atoms with van der Waals surface area (Å²) in [7, 11) is -4.16. The van der Waals surface area contributed by atoms with Crippen molar-refractivity contribution in [3.63, 3.8) is 0 Å². The molecule has 2 aromatic rings. The van der Waals surface area contributed by atoms with Gasteiger partial charge in [0.05, 0.1) is 12.9 Å². The number of aliphatic hydroxyl groups excluding tert-OH is 1. The molecule has 2 aliphatic rings. The van der Waals surface area contributed by atoms with E-state index in [0.29, 0.717) is 11.2 Å². The molecule has 0 amide bonds. The van der Waals surface area contributed by atoms with E-state index in [4.69, 9.17) is 19.5 Å². The van der Waals surface area contributed by atoms with Crippen LogP contribution in [0.5, 0.6) is 0 Å². The quantitative estimate of drug-likeness (QED) is 0.468. The van der Waals surface area contributed by atoms with Crippen molar-refractivity contribution < 1.29 is 28.3 Å². The van der Waals surface area contributed by atoms with Crippen molar-refractivity contribution in [2.24, 2.45) is 0 Å². The number of nitrogens with two attached hydrogens (primary N) is 1. The summed E-state index contributed by atoms with van der Waals surface area (Å²) in [4.78, 5) is 21.5. The number of imidazole rings is 1. The van der Waals surface area contributed by atoms with Gasteiger partial charge in [-0.15, -0.1) is 0 Å². The van der Waals surface area contributed by atoms with E-state index in [-0.39, 0.29) is 12.4 Å². The second-order valence-corrected chi connectivity index (χ2v) is 6.30. The highest BCUT2D eigenvalue weighted by Gasteiger charge is 2.57. The number of phosphoric acid groups is 1. The lowest BCUT2D eigenvalue weighted by Gasteiger charge is -2.18. The van der Waals surface area contributed by atoms with E-state index >= 15 is 0 Å². The first-order chi connectivity index (χ1) is 10.5. The van der Waals surface area contributed by atoms with E-state index in [1.807, 2.05) is 0 Å². The molecule has 11 nitrogen and oxygen atoms in total. The number of nitrogen functional groups attached to an aromatic ring is 1. The molecular formula is C10H12N5O6P. The minimum absolute atomic E-state index is 0.202. The fourth-order valence-corrected chi connectivity index (χ4v) is 3.85. The Labute approximate surface area is 123 Å². The van der Waals surface area contributed by atoms with Crippen LogP contribution in [0.4, 0.5) is 5.82 Å². The Morgan fingerprint density at radius 3 is 2.86 bits per heavy atom. The Morgan fingerprint density at radius 2 is 2.09 bits per heavy atom. The summed E-state index contributed by atoms with van der Waals surface area (Å²) in [5.74, 6) is 0.202. The molecule has 0 aromatic carbocycles. The van der Waals surface area contributed by atoms with Crippen LogP contribution in [-0.2, 0) is 18.3 Å². The number of rotatable bonds is 2. The molecule has 12 heteroatoms. The topological polar surface area (TPSA) is 155 Å². The third-order valence-electron chi connectivity index (χ3n) is 3.64. The van der Waals surface area contributed by atoms with Crippen molar-refractivity contribution in [2.45, 2.75) is 24.5 Å². The van der Waals surface area contributed by atoms with Gasteiger partial charge in [0.1, 0.15) is 30.2 Å². The minimum Gasteiger partial charge on any atom is -0.394 e. The number of hydrogen-bond acceptors (Lipinski definition) is 9. The SMILES string of the molecule is Nc1ncnc2c1ncn2[13C@@H]1O[13C@H]([13CH2]O)[13C@H]2OP(=O)(O)O[13C@H]21. The molecule has 2 saturated heterocycles. The predicted molar refractivity (Wildman–Crippen MR) is 70.3 cm³/mol. The fourth-order valence-electron chi connectivity index (χ4n) is 2.71. The first-order valence-corrected chi connectivity index (χ1v) is 7.88. The number of nitrogens with zero attached hydrogens (tertiary/aromatic N) is 4. The Hall–Kier alpha value is -1.62. The van der Waals surface area contributed by atoms with Gasteiger partial charge in [-0.2, -0.15) is 0 Å². The van der Waals surface area contributed by atoms with Crippen LogP contribution < -0.4 is 5.73 Å².